The van der Waals surface area contributed by atoms with E-state index in [-0.39, 0.29) is 0 Å². The Labute approximate surface area is 157 Å². The van der Waals surface area contributed by atoms with Crippen molar-refractivity contribution in [3.63, 3.8) is 0 Å². The summed E-state index contributed by atoms with van der Waals surface area (Å²) in [6.07, 6.45) is 8.26. The third kappa shape index (κ3) is 3.28. The van der Waals surface area contributed by atoms with Gasteiger partial charge in [-0.05, 0) is 31.4 Å². The molecule has 0 radical (unpaired) electrons. The lowest BCUT2D eigenvalue weighted by Gasteiger charge is -2.35. The third-order valence-electron chi connectivity index (χ3n) is 4.64. The Bertz CT molecular complexity index is 1110. The highest BCUT2D eigenvalue weighted by molar-refractivity contribution is 7.18. The van der Waals surface area contributed by atoms with E-state index < -0.39 is 12.5 Å². The van der Waals surface area contributed by atoms with Gasteiger partial charge in [-0.2, -0.15) is 5.10 Å². The van der Waals surface area contributed by atoms with Crippen molar-refractivity contribution in [1.82, 2.24) is 24.7 Å². The quantitative estimate of drug-likeness (QED) is 0.563. The average Bonchev–Trinajstić information content (AvgIpc) is 3.21. The van der Waals surface area contributed by atoms with Crippen LogP contribution in [0.3, 0.4) is 0 Å². The SMILES string of the molecule is Cn1cc2cc(-c3ncc4cc(C5(O)CCC5)sc4n3)cnc2n1.FCF. The minimum Gasteiger partial charge on any atom is -0.384 e. The number of aryl methyl sites for hydroxylation is 1. The van der Waals surface area contributed by atoms with Crippen LogP contribution in [0.25, 0.3) is 32.6 Å². The monoisotopic (exact) mass is 389 g/mol. The first-order valence-electron chi connectivity index (χ1n) is 8.43. The maximum absolute atomic E-state index is 10.5. The summed E-state index contributed by atoms with van der Waals surface area (Å²) >= 11 is 1.56. The van der Waals surface area contributed by atoms with Crippen molar-refractivity contribution in [3.8, 4) is 11.4 Å². The van der Waals surface area contributed by atoms with E-state index in [0.29, 0.717) is 11.5 Å². The van der Waals surface area contributed by atoms with Crippen LogP contribution in [0, 0.1) is 0 Å². The van der Waals surface area contributed by atoms with Crippen LogP contribution >= 0.6 is 11.3 Å². The van der Waals surface area contributed by atoms with E-state index in [9.17, 15) is 13.9 Å². The molecule has 0 atom stereocenters. The van der Waals surface area contributed by atoms with E-state index in [0.717, 1.165) is 45.3 Å². The van der Waals surface area contributed by atoms with Gasteiger partial charge in [-0.3, -0.25) is 4.68 Å². The number of alkyl halides is 2. The second-order valence-corrected chi connectivity index (χ2v) is 7.52. The minimum atomic E-state index is -1.75. The van der Waals surface area contributed by atoms with Gasteiger partial charge in [0.2, 0.25) is 6.93 Å². The van der Waals surface area contributed by atoms with Crippen molar-refractivity contribution in [2.24, 2.45) is 7.05 Å². The van der Waals surface area contributed by atoms with E-state index in [4.69, 9.17) is 0 Å². The van der Waals surface area contributed by atoms with Crippen molar-refractivity contribution in [3.05, 3.63) is 35.6 Å². The highest BCUT2D eigenvalue weighted by Gasteiger charge is 2.37. The Balaban J connectivity index is 0.000000565. The smallest absolute Gasteiger partial charge is 0.229 e. The zero-order chi connectivity index (χ0) is 19.0. The lowest BCUT2D eigenvalue weighted by molar-refractivity contribution is -0.0353. The number of aromatic nitrogens is 5. The van der Waals surface area contributed by atoms with Gasteiger partial charge < -0.3 is 5.11 Å². The van der Waals surface area contributed by atoms with E-state index >= 15 is 0 Å². The van der Waals surface area contributed by atoms with Crippen molar-refractivity contribution in [1.29, 1.82) is 0 Å². The number of fused-ring (bicyclic) bond motifs is 2. The number of rotatable bonds is 2. The molecule has 6 nitrogen and oxygen atoms in total. The van der Waals surface area contributed by atoms with Gasteiger partial charge >= 0.3 is 0 Å². The molecule has 0 aromatic carbocycles. The Kier molecular flexibility index (Phi) is 4.56. The minimum absolute atomic E-state index is 0.648. The summed E-state index contributed by atoms with van der Waals surface area (Å²) < 4.78 is 21.0. The van der Waals surface area contributed by atoms with Gasteiger partial charge in [-0.15, -0.1) is 11.3 Å². The molecule has 0 bridgehead atoms. The number of pyridine rings is 1. The Morgan fingerprint density at radius 3 is 2.67 bits per heavy atom. The fraction of sp³-hybridized carbons (Fsp3) is 0.333. The molecule has 5 rings (SSSR count). The van der Waals surface area contributed by atoms with Crippen LogP contribution in [0.2, 0.25) is 0 Å². The third-order valence-corrected chi connectivity index (χ3v) is 5.88. The Morgan fingerprint density at radius 2 is 1.96 bits per heavy atom. The highest BCUT2D eigenvalue weighted by atomic mass is 32.1. The molecule has 1 aliphatic rings. The normalized spacial score (nSPS) is 15.4. The van der Waals surface area contributed by atoms with Crippen LogP contribution in [0.1, 0.15) is 24.1 Å². The Hall–Kier alpha value is -2.52. The largest absolute Gasteiger partial charge is 0.384 e. The van der Waals surface area contributed by atoms with Crippen LogP contribution in [0.4, 0.5) is 8.78 Å². The average molecular weight is 389 g/mol. The summed E-state index contributed by atoms with van der Waals surface area (Å²) in [5.41, 5.74) is 0.935. The molecule has 0 saturated heterocycles. The second kappa shape index (κ2) is 6.90. The first-order chi connectivity index (χ1) is 13.0. The van der Waals surface area contributed by atoms with Gasteiger partial charge in [0, 0.05) is 46.9 Å². The van der Waals surface area contributed by atoms with E-state index in [1.807, 2.05) is 31.6 Å². The Morgan fingerprint density at radius 1 is 1.19 bits per heavy atom. The molecule has 4 heterocycles. The molecule has 4 aromatic heterocycles. The topological polar surface area (TPSA) is 76.7 Å². The number of hydrogen-bond acceptors (Lipinski definition) is 6. The molecule has 1 N–H and O–H groups in total. The van der Waals surface area contributed by atoms with Gasteiger partial charge in [0.1, 0.15) is 4.83 Å². The van der Waals surface area contributed by atoms with E-state index in [1.165, 1.54) is 0 Å². The summed E-state index contributed by atoms with van der Waals surface area (Å²) in [7, 11) is 1.88. The van der Waals surface area contributed by atoms with Gasteiger partial charge in [-0.25, -0.2) is 23.7 Å². The number of aliphatic hydroxyl groups is 1. The summed E-state index contributed by atoms with van der Waals surface area (Å²) in [6.45, 7) is -1.75. The molecule has 0 spiro atoms. The fourth-order valence-corrected chi connectivity index (χ4v) is 4.26. The maximum Gasteiger partial charge on any atom is 0.229 e. The van der Waals surface area contributed by atoms with Crippen molar-refractivity contribution in [2.75, 3.05) is 6.93 Å². The molecule has 140 valence electrons. The molecular formula is C18H17F2N5OS. The van der Waals surface area contributed by atoms with Crippen LogP contribution in [-0.2, 0) is 12.6 Å². The summed E-state index contributed by atoms with van der Waals surface area (Å²) in [4.78, 5) is 15.4. The number of hydrogen-bond donors (Lipinski definition) is 1. The molecule has 27 heavy (non-hydrogen) atoms. The van der Waals surface area contributed by atoms with Gasteiger partial charge in [0.15, 0.2) is 11.5 Å². The second-order valence-electron chi connectivity index (χ2n) is 6.49. The first kappa shape index (κ1) is 17.9. The van der Waals surface area contributed by atoms with Crippen molar-refractivity contribution < 1.29 is 13.9 Å². The predicted octanol–water partition coefficient (Wildman–Crippen LogP) is 3.89. The van der Waals surface area contributed by atoms with E-state index in [1.54, 1.807) is 22.2 Å². The molecular weight excluding hydrogens is 372 g/mol. The molecule has 0 aliphatic heterocycles. The fourth-order valence-electron chi connectivity index (χ4n) is 3.11. The van der Waals surface area contributed by atoms with Gasteiger partial charge in [-0.1, -0.05) is 0 Å². The summed E-state index contributed by atoms with van der Waals surface area (Å²) in [5.74, 6) is 0.648. The van der Waals surface area contributed by atoms with Crippen LogP contribution in [-0.4, -0.2) is 36.8 Å². The predicted molar refractivity (Wildman–Crippen MR) is 99.7 cm³/mol. The maximum atomic E-state index is 10.5. The first-order valence-corrected chi connectivity index (χ1v) is 9.25. The lowest BCUT2D eigenvalue weighted by atomic mass is 9.79. The molecule has 0 amide bonds. The molecule has 1 saturated carbocycles. The highest BCUT2D eigenvalue weighted by Crippen LogP contribution is 2.45. The number of halogens is 2. The summed E-state index contributed by atoms with van der Waals surface area (Å²) in [6, 6.07) is 4.02. The zero-order valence-corrected chi connectivity index (χ0v) is 15.4. The van der Waals surface area contributed by atoms with Crippen molar-refractivity contribution >= 4 is 32.6 Å². The van der Waals surface area contributed by atoms with E-state index in [2.05, 4.69) is 20.1 Å². The molecule has 4 aromatic rings. The van der Waals surface area contributed by atoms with Crippen molar-refractivity contribution in [2.45, 2.75) is 24.9 Å². The van der Waals surface area contributed by atoms with Crippen LogP contribution in [0.5, 0.6) is 0 Å². The standard InChI is InChI=1S/C17H15N5OS.CH2F2/c1-22-9-12-5-10(7-19-15(12)21-22)14-18-8-11-6-13(24-16(11)20-14)17(23)3-2-4-17;2-1-3/h5-9,23H,2-4H2,1H3;1H2. The van der Waals surface area contributed by atoms with Crippen LogP contribution in [0.15, 0.2) is 30.7 Å². The number of thiophene rings is 1. The molecule has 9 heteroatoms. The lowest BCUT2D eigenvalue weighted by Crippen LogP contribution is -2.32. The van der Waals surface area contributed by atoms with Gasteiger partial charge in [0.25, 0.3) is 0 Å². The zero-order valence-electron chi connectivity index (χ0n) is 14.6. The molecule has 1 fully saturated rings. The number of nitrogens with zero attached hydrogens (tertiary/aromatic N) is 5. The van der Waals surface area contributed by atoms with Gasteiger partial charge in [0.05, 0.1) is 5.60 Å². The van der Waals surface area contributed by atoms with Crippen LogP contribution < -0.4 is 0 Å². The molecule has 1 aliphatic carbocycles. The summed E-state index contributed by atoms with van der Waals surface area (Å²) in [5, 5.41) is 16.8. The molecule has 0 unspecified atom stereocenters.